The van der Waals surface area contributed by atoms with Crippen LogP contribution in [0.3, 0.4) is 0 Å². The van der Waals surface area contributed by atoms with Gasteiger partial charge in [0.05, 0.1) is 18.1 Å². The molecule has 3 rings (SSSR count). The standard InChI is InChI=1S/C18H24FN3O3/c1-11(2)8-20-17(23)15-7-14-9-22(10-16(15)25-14)18(24)21-13-5-3-12(19)4-6-13/h3-6,11,14-16H,7-10H2,1-2H3,(H,20,23)(H,21,24)/t14-,15+,16-/m1/s1. The molecule has 0 spiro atoms. The van der Waals surface area contributed by atoms with Crippen LogP contribution in [0.15, 0.2) is 24.3 Å². The molecule has 1 aromatic rings. The van der Waals surface area contributed by atoms with Crippen molar-refractivity contribution in [2.45, 2.75) is 32.5 Å². The van der Waals surface area contributed by atoms with Crippen molar-refractivity contribution in [1.29, 1.82) is 0 Å². The van der Waals surface area contributed by atoms with Gasteiger partial charge in [-0.15, -0.1) is 0 Å². The van der Waals surface area contributed by atoms with E-state index in [4.69, 9.17) is 4.74 Å². The summed E-state index contributed by atoms with van der Waals surface area (Å²) in [6.07, 6.45) is 0.243. The van der Waals surface area contributed by atoms with Crippen molar-refractivity contribution >= 4 is 17.6 Å². The van der Waals surface area contributed by atoms with Crippen LogP contribution in [0.5, 0.6) is 0 Å². The second kappa shape index (κ2) is 7.39. The molecule has 0 radical (unpaired) electrons. The second-order valence-corrected chi connectivity index (χ2v) is 7.12. The lowest BCUT2D eigenvalue weighted by Gasteiger charge is -2.32. The number of nitrogens with zero attached hydrogens (tertiary/aromatic N) is 1. The zero-order valence-electron chi connectivity index (χ0n) is 14.5. The largest absolute Gasteiger partial charge is 0.370 e. The Labute approximate surface area is 146 Å². The van der Waals surface area contributed by atoms with Crippen LogP contribution in [0.1, 0.15) is 20.3 Å². The number of amides is 3. The fourth-order valence-electron chi connectivity index (χ4n) is 3.27. The zero-order valence-corrected chi connectivity index (χ0v) is 14.5. The van der Waals surface area contributed by atoms with E-state index in [1.807, 2.05) is 13.8 Å². The van der Waals surface area contributed by atoms with Crippen molar-refractivity contribution in [3.05, 3.63) is 30.1 Å². The highest BCUT2D eigenvalue weighted by molar-refractivity contribution is 5.89. The van der Waals surface area contributed by atoms with E-state index < -0.39 is 0 Å². The number of anilines is 1. The second-order valence-electron chi connectivity index (χ2n) is 7.12. The Bertz CT molecular complexity index is 635. The lowest BCUT2D eigenvalue weighted by molar-refractivity contribution is -0.127. The maximum atomic E-state index is 12.9. The van der Waals surface area contributed by atoms with E-state index in [1.54, 1.807) is 4.90 Å². The van der Waals surface area contributed by atoms with Crippen molar-refractivity contribution in [2.24, 2.45) is 11.8 Å². The third-order valence-electron chi connectivity index (χ3n) is 4.56. The van der Waals surface area contributed by atoms with Gasteiger partial charge in [-0.05, 0) is 36.6 Å². The molecule has 2 aliphatic heterocycles. The highest BCUT2D eigenvalue weighted by Crippen LogP contribution is 2.32. The number of carbonyl (C=O) groups excluding carboxylic acids is 2. The van der Waals surface area contributed by atoms with Gasteiger partial charge in [0.2, 0.25) is 5.91 Å². The lowest BCUT2D eigenvalue weighted by atomic mass is 9.99. The van der Waals surface area contributed by atoms with Crippen LogP contribution in [0.4, 0.5) is 14.9 Å². The average Bonchev–Trinajstić information content (AvgIpc) is 2.88. The van der Waals surface area contributed by atoms with Gasteiger partial charge in [-0.25, -0.2) is 9.18 Å². The summed E-state index contributed by atoms with van der Waals surface area (Å²) in [4.78, 5) is 26.4. The van der Waals surface area contributed by atoms with E-state index in [-0.39, 0.29) is 35.9 Å². The Morgan fingerprint density at radius 3 is 2.68 bits per heavy atom. The van der Waals surface area contributed by atoms with Crippen LogP contribution >= 0.6 is 0 Å². The maximum absolute atomic E-state index is 12.9. The number of halogens is 1. The normalized spacial score (nSPS) is 25.1. The topological polar surface area (TPSA) is 70.7 Å². The number of fused-ring (bicyclic) bond motifs is 2. The molecule has 0 aromatic heterocycles. The zero-order chi connectivity index (χ0) is 18.0. The van der Waals surface area contributed by atoms with E-state index >= 15 is 0 Å². The van der Waals surface area contributed by atoms with Gasteiger partial charge in [-0.1, -0.05) is 13.8 Å². The molecule has 25 heavy (non-hydrogen) atoms. The van der Waals surface area contributed by atoms with Crippen molar-refractivity contribution in [3.8, 4) is 0 Å². The average molecular weight is 349 g/mol. The summed E-state index contributed by atoms with van der Waals surface area (Å²) in [7, 11) is 0. The number of hydrogen-bond acceptors (Lipinski definition) is 3. The predicted molar refractivity (Wildman–Crippen MR) is 91.6 cm³/mol. The Morgan fingerprint density at radius 1 is 1.28 bits per heavy atom. The minimum Gasteiger partial charge on any atom is -0.370 e. The number of likely N-dealkylation sites (tertiary alicyclic amines) is 1. The minimum absolute atomic E-state index is 0.00185. The van der Waals surface area contributed by atoms with Gasteiger partial charge in [0.15, 0.2) is 0 Å². The summed E-state index contributed by atoms with van der Waals surface area (Å²) < 4.78 is 18.8. The molecule has 2 fully saturated rings. The Morgan fingerprint density at radius 2 is 2.00 bits per heavy atom. The van der Waals surface area contributed by atoms with Gasteiger partial charge < -0.3 is 20.3 Å². The number of ether oxygens (including phenoxy) is 1. The first-order chi connectivity index (χ1) is 11.9. The molecule has 3 atom stereocenters. The molecule has 3 amide bonds. The summed E-state index contributed by atoms with van der Waals surface area (Å²) in [5, 5.41) is 5.71. The lowest BCUT2D eigenvalue weighted by Crippen LogP contribution is -2.49. The van der Waals surface area contributed by atoms with E-state index in [1.165, 1.54) is 24.3 Å². The van der Waals surface area contributed by atoms with Crippen LogP contribution in [0.25, 0.3) is 0 Å². The van der Waals surface area contributed by atoms with Gasteiger partial charge in [0.1, 0.15) is 5.82 Å². The van der Waals surface area contributed by atoms with E-state index in [9.17, 15) is 14.0 Å². The van der Waals surface area contributed by atoms with Crippen molar-refractivity contribution in [2.75, 3.05) is 25.0 Å². The van der Waals surface area contributed by atoms with Crippen molar-refractivity contribution < 1.29 is 18.7 Å². The predicted octanol–water partition coefficient (Wildman–Crippen LogP) is 2.22. The molecule has 2 saturated heterocycles. The Kier molecular flexibility index (Phi) is 5.22. The SMILES string of the molecule is CC(C)CNC(=O)[C@H]1C[C@@H]2CN(C(=O)Nc3ccc(F)cc3)C[C@H]1O2. The first-order valence-electron chi connectivity index (χ1n) is 8.67. The first kappa shape index (κ1) is 17.7. The molecular weight excluding hydrogens is 325 g/mol. The van der Waals surface area contributed by atoms with Gasteiger partial charge in [0, 0.05) is 25.3 Å². The highest BCUT2D eigenvalue weighted by Gasteiger charge is 2.45. The van der Waals surface area contributed by atoms with Gasteiger partial charge in [-0.3, -0.25) is 4.79 Å². The summed E-state index contributed by atoms with van der Waals surface area (Å²) >= 11 is 0. The molecular formula is C18H24FN3O3. The van der Waals surface area contributed by atoms with Crippen molar-refractivity contribution in [1.82, 2.24) is 10.2 Å². The Hall–Kier alpha value is -2.15. The molecule has 0 unspecified atom stereocenters. The molecule has 2 N–H and O–H groups in total. The summed E-state index contributed by atoms with van der Waals surface area (Å²) in [6, 6.07) is 5.38. The fourth-order valence-corrected chi connectivity index (χ4v) is 3.27. The number of rotatable bonds is 4. The third kappa shape index (κ3) is 4.28. The fraction of sp³-hybridized carbons (Fsp3) is 0.556. The summed E-state index contributed by atoms with van der Waals surface area (Å²) in [5.41, 5.74) is 0.538. The molecule has 2 bridgehead atoms. The number of carbonyl (C=O) groups is 2. The van der Waals surface area contributed by atoms with Crippen LogP contribution in [0, 0.1) is 17.7 Å². The van der Waals surface area contributed by atoms with Crippen LogP contribution < -0.4 is 10.6 Å². The monoisotopic (exact) mass is 349 g/mol. The van der Waals surface area contributed by atoms with Crippen molar-refractivity contribution in [3.63, 3.8) is 0 Å². The van der Waals surface area contributed by atoms with Gasteiger partial charge in [-0.2, -0.15) is 0 Å². The van der Waals surface area contributed by atoms with Gasteiger partial charge >= 0.3 is 6.03 Å². The number of benzene rings is 1. The summed E-state index contributed by atoms with van der Waals surface area (Å²) in [5.74, 6) is -0.171. The van der Waals surface area contributed by atoms with E-state index in [0.29, 0.717) is 37.7 Å². The van der Waals surface area contributed by atoms with Gasteiger partial charge in [0.25, 0.3) is 0 Å². The quantitative estimate of drug-likeness (QED) is 0.876. The maximum Gasteiger partial charge on any atom is 0.322 e. The minimum atomic E-state index is -0.349. The molecule has 7 heteroatoms. The number of nitrogens with one attached hydrogen (secondary N) is 2. The van der Waals surface area contributed by atoms with E-state index in [0.717, 1.165) is 0 Å². The molecule has 1 aromatic carbocycles. The molecule has 136 valence electrons. The number of hydrogen-bond donors (Lipinski definition) is 2. The molecule has 0 saturated carbocycles. The number of morpholine rings is 1. The summed E-state index contributed by atoms with van der Waals surface area (Å²) in [6.45, 7) is 5.57. The molecule has 6 nitrogen and oxygen atoms in total. The first-order valence-corrected chi connectivity index (χ1v) is 8.67. The van der Waals surface area contributed by atoms with Crippen LogP contribution in [0.2, 0.25) is 0 Å². The number of urea groups is 1. The van der Waals surface area contributed by atoms with Crippen LogP contribution in [-0.4, -0.2) is 48.7 Å². The van der Waals surface area contributed by atoms with E-state index in [2.05, 4.69) is 10.6 Å². The molecule has 2 heterocycles. The molecule has 2 aliphatic rings. The van der Waals surface area contributed by atoms with Crippen LogP contribution in [-0.2, 0) is 9.53 Å². The highest BCUT2D eigenvalue weighted by atomic mass is 19.1. The third-order valence-corrected chi connectivity index (χ3v) is 4.56. The molecule has 0 aliphatic carbocycles. The smallest absolute Gasteiger partial charge is 0.322 e. The Balaban J connectivity index is 1.57.